The Bertz CT molecular complexity index is 1260. The molecule has 2 aromatic rings. The van der Waals surface area contributed by atoms with Gasteiger partial charge in [-0.2, -0.15) is 0 Å². The molecule has 0 spiro atoms. The van der Waals surface area contributed by atoms with E-state index in [4.69, 9.17) is 0 Å². The molecule has 0 aromatic heterocycles. The van der Waals surface area contributed by atoms with Crippen LogP contribution < -0.4 is 4.90 Å². The Balaban J connectivity index is 1.71. The summed E-state index contributed by atoms with van der Waals surface area (Å²) in [6, 6.07) is 16.3. The number of hydrogen-bond acceptors (Lipinski definition) is 3. The van der Waals surface area contributed by atoms with Gasteiger partial charge in [-0.05, 0) is 48.6 Å². The predicted molar refractivity (Wildman–Crippen MR) is 117 cm³/mol. The third-order valence-corrected chi connectivity index (χ3v) is 5.58. The van der Waals surface area contributed by atoms with Gasteiger partial charge in [0.25, 0.3) is 0 Å². The van der Waals surface area contributed by atoms with Crippen LogP contribution >= 0.6 is 0 Å². The molecule has 0 fully saturated rings. The molecule has 0 saturated heterocycles. The van der Waals surface area contributed by atoms with Crippen LogP contribution in [-0.4, -0.2) is 28.3 Å². The molecule has 0 saturated carbocycles. The Labute approximate surface area is 172 Å². The Morgan fingerprint density at radius 3 is 2.03 bits per heavy atom. The lowest BCUT2D eigenvalue weighted by Crippen LogP contribution is -2.07. The van der Waals surface area contributed by atoms with E-state index in [1.807, 2.05) is 43.3 Å². The maximum Gasteiger partial charge on any atom is 0.189 e. The lowest BCUT2D eigenvalue weighted by molar-refractivity contribution is 0.599. The molecule has 3 nitrogen and oxygen atoms in total. The summed E-state index contributed by atoms with van der Waals surface area (Å²) in [5.74, 6) is 11.4. The number of rotatable bonds is 3. The fraction of sp³-hybridized carbons (Fsp3) is 0.120. The summed E-state index contributed by atoms with van der Waals surface area (Å²) in [7, 11) is 0.577. The van der Waals surface area contributed by atoms with Gasteiger partial charge in [-0.25, -0.2) is 8.42 Å². The van der Waals surface area contributed by atoms with Crippen molar-refractivity contribution in [3.8, 4) is 23.7 Å². The highest BCUT2D eigenvalue weighted by molar-refractivity contribution is 7.91. The van der Waals surface area contributed by atoms with Gasteiger partial charge in [0.05, 0.1) is 16.0 Å². The van der Waals surface area contributed by atoms with Crippen molar-refractivity contribution >= 4 is 15.5 Å². The van der Waals surface area contributed by atoms with E-state index in [9.17, 15) is 8.42 Å². The van der Waals surface area contributed by atoms with Crippen molar-refractivity contribution in [2.24, 2.45) is 0 Å². The summed E-state index contributed by atoms with van der Waals surface area (Å²) in [5, 5.41) is 0. The Kier molecular flexibility index (Phi) is 6.25. The second kappa shape index (κ2) is 9.03. The van der Waals surface area contributed by atoms with Crippen LogP contribution in [0.15, 0.2) is 94.3 Å². The largest absolute Gasteiger partial charge is 0.378 e. The molecule has 0 atom stereocenters. The first-order valence-corrected chi connectivity index (χ1v) is 10.6. The number of sulfone groups is 1. The van der Waals surface area contributed by atoms with Crippen molar-refractivity contribution in [3.05, 3.63) is 94.9 Å². The first-order chi connectivity index (χ1) is 13.9. The SMILES string of the molecule is CN(C)c1ccc(C#CC2=C=C=C(C#CCS(=O)(=O)c3ccccc3)C=C2)cc1. The maximum absolute atomic E-state index is 12.2. The summed E-state index contributed by atoms with van der Waals surface area (Å²) in [6.07, 6.45) is 3.56. The molecule has 0 amide bonds. The maximum atomic E-state index is 12.2. The van der Waals surface area contributed by atoms with Crippen molar-refractivity contribution in [2.45, 2.75) is 4.90 Å². The molecule has 0 unspecified atom stereocenters. The molecule has 0 aliphatic heterocycles. The predicted octanol–water partition coefficient (Wildman–Crippen LogP) is 3.76. The molecule has 1 aliphatic rings. The highest BCUT2D eigenvalue weighted by atomic mass is 32.2. The third-order valence-electron chi connectivity index (χ3n) is 4.06. The highest BCUT2D eigenvalue weighted by Gasteiger charge is 2.11. The van der Waals surface area contributed by atoms with Gasteiger partial charge >= 0.3 is 0 Å². The zero-order chi connectivity index (χ0) is 20.7. The van der Waals surface area contributed by atoms with Crippen LogP contribution in [0.3, 0.4) is 0 Å². The van der Waals surface area contributed by atoms with E-state index >= 15 is 0 Å². The van der Waals surface area contributed by atoms with Crippen LogP contribution in [0.4, 0.5) is 5.69 Å². The van der Waals surface area contributed by atoms with Crippen LogP contribution in [0.1, 0.15) is 5.56 Å². The van der Waals surface area contributed by atoms with Gasteiger partial charge in [0.2, 0.25) is 0 Å². The topological polar surface area (TPSA) is 37.4 Å². The van der Waals surface area contributed by atoms with Gasteiger partial charge in [0.1, 0.15) is 5.75 Å². The van der Waals surface area contributed by atoms with Gasteiger partial charge in [0, 0.05) is 25.3 Å². The number of anilines is 1. The van der Waals surface area contributed by atoms with Crippen molar-refractivity contribution < 1.29 is 8.42 Å². The molecule has 3 rings (SSSR count). The summed E-state index contributed by atoms with van der Waals surface area (Å²) in [5.41, 5.74) is 9.19. The van der Waals surface area contributed by atoms with Crippen LogP contribution in [0.5, 0.6) is 0 Å². The Morgan fingerprint density at radius 1 is 0.828 bits per heavy atom. The number of allylic oxidation sites excluding steroid dienone is 4. The van der Waals surface area contributed by atoms with E-state index < -0.39 is 9.84 Å². The quantitative estimate of drug-likeness (QED) is 0.585. The highest BCUT2D eigenvalue weighted by Crippen LogP contribution is 2.12. The second-order valence-corrected chi connectivity index (χ2v) is 8.47. The first kappa shape index (κ1) is 20.1. The Hall–Kier alpha value is -3.65. The zero-order valence-corrected chi connectivity index (χ0v) is 17.0. The van der Waals surface area contributed by atoms with Crippen LogP contribution in [0.2, 0.25) is 0 Å². The first-order valence-electron chi connectivity index (χ1n) is 8.94. The standard InChI is InChI=1S/C25H19NO2S/c1-26(2)24-18-16-23(17-19-24)15-14-22-12-10-21(11-13-22)7-6-20-29(27,28)25-8-4-3-5-9-25/h3-5,8-10,12,16-19H,20H2,1-2H3. The van der Waals surface area contributed by atoms with Gasteiger partial charge < -0.3 is 4.90 Å². The van der Waals surface area contributed by atoms with E-state index in [-0.39, 0.29) is 10.6 Å². The van der Waals surface area contributed by atoms with E-state index in [2.05, 4.69) is 35.1 Å². The molecule has 0 N–H and O–H groups in total. The summed E-state index contributed by atoms with van der Waals surface area (Å²) < 4.78 is 24.4. The number of hydrogen-bond donors (Lipinski definition) is 0. The van der Waals surface area contributed by atoms with Crippen molar-refractivity contribution in [1.29, 1.82) is 0 Å². The van der Waals surface area contributed by atoms with Crippen LogP contribution in [0, 0.1) is 23.7 Å². The minimum Gasteiger partial charge on any atom is -0.378 e. The molecular weight excluding hydrogens is 378 g/mol. The molecule has 142 valence electrons. The smallest absolute Gasteiger partial charge is 0.189 e. The lowest BCUT2D eigenvalue weighted by atomic mass is 10.1. The molecule has 0 bridgehead atoms. The van der Waals surface area contributed by atoms with Crippen molar-refractivity contribution in [2.75, 3.05) is 24.7 Å². The van der Waals surface area contributed by atoms with Gasteiger partial charge in [-0.1, -0.05) is 53.3 Å². The summed E-state index contributed by atoms with van der Waals surface area (Å²) in [6.45, 7) is 0. The lowest BCUT2D eigenvalue weighted by Gasteiger charge is -2.11. The molecule has 0 radical (unpaired) electrons. The van der Waals surface area contributed by atoms with Gasteiger partial charge in [0.15, 0.2) is 9.84 Å². The fourth-order valence-electron chi connectivity index (χ4n) is 2.45. The molecular formula is C25H19NO2S. The second-order valence-electron chi connectivity index (χ2n) is 6.48. The summed E-state index contributed by atoms with van der Waals surface area (Å²) in [4.78, 5) is 2.30. The number of nitrogens with zero attached hydrogens (tertiary/aromatic N) is 1. The molecule has 1 aliphatic carbocycles. The zero-order valence-electron chi connectivity index (χ0n) is 16.2. The molecule has 2 aromatic carbocycles. The normalized spacial score (nSPS) is 12.1. The van der Waals surface area contributed by atoms with Gasteiger partial charge in [-0.15, -0.1) is 0 Å². The van der Waals surface area contributed by atoms with E-state index in [1.165, 1.54) is 0 Å². The average molecular weight is 397 g/mol. The molecule has 0 heterocycles. The minimum atomic E-state index is -3.41. The molecule has 4 heteroatoms. The van der Waals surface area contributed by atoms with Gasteiger partial charge in [-0.3, -0.25) is 0 Å². The average Bonchev–Trinajstić information content (AvgIpc) is 2.74. The van der Waals surface area contributed by atoms with Crippen molar-refractivity contribution in [1.82, 2.24) is 0 Å². The summed E-state index contributed by atoms with van der Waals surface area (Å²) >= 11 is 0. The van der Waals surface area contributed by atoms with Crippen LogP contribution in [0.25, 0.3) is 0 Å². The molecule has 29 heavy (non-hydrogen) atoms. The number of benzene rings is 2. The Morgan fingerprint density at radius 2 is 1.45 bits per heavy atom. The fourth-order valence-corrected chi connectivity index (χ4v) is 3.45. The van der Waals surface area contributed by atoms with Crippen LogP contribution in [-0.2, 0) is 9.84 Å². The monoisotopic (exact) mass is 397 g/mol. The minimum absolute atomic E-state index is 0.241. The van der Waals surface area contributed by atoms with Crippen molar-refractivity contribution in [3.63, 3.8) is 0 Å². The van der Waals surface area contributed by atoms with E-state index in [0.29, 0.717) is 11.1 Å². The van der Waals surface area contributed by atoms with E-state index in [1.54, 1.807) is 42.5 Å². The third kappa shape index (κ3) is 5.66. The van der Waals surface area contributed by atoms with E-state index in [0.717, 1.165) is 11.3 Å².